The zero-order chi connectivity index (χ0) is 21.1. The number of methoxy groups -OCH3 is 1. The van der Waals surface area contributed by atoms with Crippen LogP contribution in [0.5, 0.6) is 11.5 Å². The van der Waals surface area contributed by atoms with Gasteiger partial charge in [0.05, 0.1) is 13.7 Å². The van der Waals surface area contributed by atoms with Crippen molar-refractivity contribution in [1.29, 1.82) is 0 Å². The summed E-state index contributed by atoms with van der Waals surface area (Å²) >= 11 is 0. The maximum atomic E-state index is 12.2. The minimum absolute atomic E-state index is 0. The van der Waals surface area contributed by atoms with Crippen molar-refractivity contribution in [1.82, 2.24) is 10.2 Å². The number of amides is 1. The second-order valence-electron chi connectivity index (χ2n) is 8.42. The van der Waals surface area contributed by atoms with E-state index in [9.17, 15) is 4.79 Å². The Balaban J connectivity index is 0.00000450. The Hall–Kier alpha value is -0.720. The summed E-state index contributed by atoms with van der Waals surface area (Å²) in [7, 11) is 5.83. The number of rotatable bonds is 11. The number of carbonyl (C=O) groups excluding carboxylic acids is 1. The Morgan fingerprint density at radius 1 is 1.13 bits per heavy atom. The number of carbonyl (C=O) groups is 1. The molecule has 0 saturated heterocycles. The number of nitrogens with zero attached hydrogens (tertiary/aromatic N) is 1. The number of hydrogen-bond acceptors (Lipinski definition) is 4. The molecule has 7 heteroatoms. The van der Waals surface area contributed by atoms with Gasteiger partial charge in [0.2, 0.25) is 5.91 Å². The second-order valence-corrected chi connectivity index (χ2v) is 8.42. The van der Waals surface area contributed by atoms with Crippen molar-refractivity contribution >= 4 is 53.9 Å². The van der Waals surface area contributed by atoms with Gasteiger partial charge in [-0.2, -0.15) is 0 Å². The van der Waals surface area contributed by atoms with Crippen LogP contribution in [-0.2, 0) is 4.79 Å². The van der Waals surface area contributed by atoms with Gasteiger partial charge in [0.15, 0.2) is 11.5 Å². The van der Waals surface area contributed by atoms with E-state index in [1.807, 2.05) is 24.3 Å². The van der Waals surface area contributed by atoms with Crippen molar-refractivity contribution < 1.29 is 14.3 Å². The molecule has 1 aromatic carbocycles. The molecule has 1 saturated carbocycles. The van der Waals surface area contributed by atoms with E-state index in [0.717, 1.165) is 49.5 Å². The van der Waals surface area contributed by atoms with Crippen molar-refractivity contribution in [3.05, 3.63) is 29.8 Å². The van der Waals surface area contributed by atoms with Crippen molar-refractivity contribution in [3.8, 4) is 11.5 Å². The standard InChI is InChI=1S/C24H38N2O3.ClH.Na.H/c1-19-8-12-21(13-9-19)25-24(27)15-11-20-10-14-22(23(18-20)28-4)29-17-7-5-6-16-26(2)3;;;/h10-11,14-15,18-19,21H,5-9,12-13,16-17H2,1-4H3,(H,25,27);1H;;/b15-11+;;;. The zero-order valence-corrected chi connectivity index (χ0v) is 19.8. The van der Waals surface area contributed by atoms with Gasteiger partial charge in [-0.05, 0) is 95.3 Å². The van der Waals surface area contributed by atoms with Gasteiger partial charge < -0.3 is 19.7 Å². The molecule has 0 atom stereocenters. The molecule has 1 N–H and O–H groups in total. The fourth-order valence-corrected chi connectivity index (χ4v) is 3.62. The molecule has 1 aliphatic rings. The van der Waals surface area contributed by atoms with Crippen LogP contribution in [0, 0.1) is 5.92 Å². The van der Waals surface area contributed by atoms with Gasteiger partial charge in [-0.25, -0.2) is 0 Å². The van der Waals surface area contributed by atoms with Gasteiger partial charge in [0, 0.05) is 12.1 Å². The number of halogens is 1. The Kier molecular flexibility index (Phi) is 16.5. The quantitative estimate of drug-likeness (QED) is 0.303. The Labute approximate surface area is 217 Å². The summed E-state index contributed by atoms with van der Waals surface area (Å²) in [6.45, 7) is 4.07. The van der Waals surface area contributed by atoms with Gasteiger partial charge in [0.25, 0.3) is 0 Å². The molecule has 1 aliphatic carbocycles. The van der Waals surface area contributed by atoms with E-state index >= 15 is 0 Å². The summed E-state index contributed by atoms with van der Waals surface area (Å²) in [4.78, 5) is 14.4. The molecule has 0 unspecified atom stereocenters. The molecular formula is C24H40ClN2NaO3. The predicted octanol–water partition coefficient (Wildman–Crippen LogP) is 4.29. The van der Waals surface area contributed by atoms with E-state index in [-0.39, 0.29) is 47.9 Å². The Morgan fingerprint density at radius 3 is 2.48 bits per heavy atom. The average Bonchev–Trinajstić information content (AvgIpc) is 2.71. The van der Waals surface area contributed by atoms with Crippen LogP contribution in [0.15, 0.2) is 24.3 Å². The van der Waals surface area contributed by atoms with Crippen molar-refractivity contribution in [2.45, 2.75) is 57.9 Å². The first kappa shape index (κ1) is 30.3. The molecule has 2 rings (SSSR count). The van der Waals surface area contributed by atoms with E-state index in [1.54, 1.807) is 13.2 Å². The summed E-state index contributed by atoms with van der Waals surface area (Å²) in [6, 6.07) is 6.09. The van der Waals surface area contributed by atoms with E-state index < -0.39 is 0 Å². The number of nitrogens with one attached hydrogen (secondary N) is 1. The molecular weight excluding hydrogens is 423 g/mol. The molecule has 0 aliphatic heterocycles. The first-order valence-corrected chi connectivity index (χ1v) is 10.9. The molecule has 1 amide bonds. The summed E-state index contributed by atoms with van der Waals surface area (Å²) in [5.41, 5.74) is 0.924. The van der Waals surface area contributed by atoms with Gasteiger partial charge in [-0.3, -0.25) is 4.79 Å². The third-order valence-corrected chi connectivity index (χ3v) is 5.48. The molecule has 0 radical (unpaired) electrons. The molecule has 0 heterocycles. The molecule has 1 aromatic rings. The van der Waals surface area contributed by atoms with Gasteiger partial charge in [-0.15, -0.1) is 12.4 Å². The van der Waals surface area contributed by atoms with Crippen molar-refractivity contribution in [3.63, 3.8) is 0 Å². The van der Waals surface area contributed by atoms with Gasteiger partial charge >= 0.3 is 29.6 Å². The minimum atomic E-state index is -0.0263. The van der Waals surface area contributed by atoms with E-state index in [2.05, 4.69) is 31.2 Å². The first-order valence-electron chi connectivity index (χ1n) is 10.9. The zero-order valence-electron chi connectivity index (χ0n) is 19.0. The number of unbranched alkanes of at least 4 members (excludes halogenated alkanes) is 2. The van der Waals surface area contributed by atoms with Crippen LogP contribution in [0.3, 0.4) is 0 Å². The Morgan fingerprint density at radius 2 is 1.84 bits per heavy atom. The van der Waals surface area contributed by atoms with Crippen LogP contribution in [0.1, 0.15) is 57.4 Å². The van der Waals surface area contributed by atoms with Gasteiger partial charge in [-0.1, -0.05) is 13.0 Å². The average molecular weight is 463 g/mol. The first-order chi connectivity index (χ1) is 14.0. The molecule has 172 valence electrons. The fourth-order valence-electron chi connectivity index (χ4n) is 3.62. The van der Waals surface area contributed by atoms with E-state index in [1.165, 1.54) is 19.3 Å². The van der Waals surface area contributed by atoms with Gasteiger partial charge in [0.1, 0.15) is 0 Å². The molecule has 5 nitrogen and oxygen atoms in total. The summed E-state index contributed by atoms with van der Waals surface area (Å²) in [5.74, 6) is 2.20. The molecule has 0 spiro atoms. The fraction of sp³-hybridized carbons (Fsp3) is 0.625. The number of hydrogen-bond donors (Lipinski definition) is 1. The normalized spacial score (nSPS) is 18.2. The van der Waals surface area contributed by atoms with Crippen LogP contribution in [0.4, 0.5) is 0 Å². The van der Waals surface area contributed by atoms with Crippen LogP contribution in [0.25, 0.3) is 6.08 Å². The van der Waals surface area contributed by atoms with Crippen LogP contribution >= 0.6 is 12.4 Å². The van der Waals surface area contributed by atoms with Crippen LogP contribution in [-0.4, -0.2) is 80.8 Å². The third-order valence-electron chi connectivity index (χ3n) is 5.48. The topological polar surface area (TPSA) is 50.8 Å². The van der Waals surface area contributed by atoms with E-state index in [4.69, 9.17) is 9.47 Å². The van der Waals surface area contributed by atoms with Crippen LogP contribution in [0.2, 0.25) is 0 Å². The molecule has 0 aromatic heterocycles. The molecule has 0 bridgehead atoms. The maximum absolute atomic E-state index is 12.2. The summed E-state index contributed by atoms with van der Waals surface area (Å²) in [6.07, 6.45) is 11.3. The van der Waals surface area contributed by atoms with Crippen molar-refractivity contribution in [2.24, 2.45) is 5.92 Å². The summed E-state index contributed by atoms with van der Waals surface area (Å²) < 4.78 is 11.4. The molecule has 31 heavy (non-hydrogen) atoms. The third kappa shape index (κ3) is 12.2. The Bertz CT molecular complexity index is 662. The second kappa shape index (κ2) is 16.8. The SMILES string of the molecule is COc1cc(/C=C/C(=O)NC2CCC(C)CC2)ccc1OCCCCCN(C)C.Cl.[NaH]. The monoisotopic (exact) mass is 462 g/mol. The molecule has 1 fully saturated rings. The van der Waals surface area contributed by atoms with Crippen LogP contribution < -0.4 is 14.8 Å². The summed E-state index contributed by atoms with van der Waals surface area (Å²) in [5, 5.41) is 3.12. The number of ether oxygens (including phenoxy) is 2. The number of benzene rings is 1. The van der Waals surface area contributed by atoms with Crippen molar-refractivity contribution in [2.75, 3.05) is 34.4 Å². The predicted molar refractivity (Wildman–Crippen MR) is 134 cm³/mol. The van der Waals surface area contributed by atoms with E-state index in [0.29, 0.717) is 18.4 Å².